The number of aromatic nitrogens is 3. The van der Waals surface area contributed by atoms with Crippen molar-refractivity contribution in [2.24, 2.45) is 0 Å². The standard InChI is InChI=1S/C20H21N5O4S/c1-29-15-10-12(5-6-14(15)26)9-13-18(21)25-20(22-19(13)28)30-16(23-25)11-17(27)24-7-3-2-4-8-24/h5-6,9-10H,2-4,7-8,11,21H2,1H3. The van der Waals surface area contributed by atoms with Crippen LogP contribution < -0.4 is 11.3 Å². The number of allylic oxidation sites excluding steroid dienone is 4. The van der Waals surface area contributed by atoms with Crippen molar-refractivity contribution in [1.82, 2.24) is 19.5 Å². The van der Waals surface area contributed by atoms with Crippen LogP contribution in [-0.4, -0.2) is 51.4 Å². The van der Waals surface area contributed by atoms with E-state index in [-0.39, 0.29) is 35.3 Å². The summed E-state index contributed by atoms with van der Waals surface area (Å²) >= 11 is 1.18. The second-order valence-electron chi connectivity index (χ2n) is 7.08. The zero-order chi connectivity index (χ0) is 21.3. The molecule has 0 aromatic carbocycles. The summed E-state index contributed by atoms with van der Waals surface area (Å²) in [5.74, 6) is 0.0639. The lowest BCUT2D eigenvalue weighted by atomic mass is 10.0. The maximum atomic E-state index is 12.5. The molecule has 2 N–H and O–H groups in total. The zero-order valence-corrected chi connectivity index (χ0v) is 17.3. The maximum Gasteiger partial charge on any atom is 0.283 e. The van der Waals surface area contributed by atoms with E-state index in [1.54, 1.807) is 6.08 Å². The molecule has 0 radical (unpaired) electrons. The molecule has 9 nitrogen and oxygen atoms in total. The van der Waals surface area contributed by atoms with Crippen molar-refractivity contribution in [3.63, 3.8) is 0 Å². The summed E-state index contributed by atoms with van der Waals surface area (Å²) in [7, 11) is 1.40. The lowest BCUT2D eigenvalue weighted by Crippen LogP contribution is -2.36. The molecule has 1 amide bonds. The summed E-state index contributed by atoms with van der Waals surface area (Å²) in [6.07, 6.45) is 9.34. The molecule has 2 aromatic heterocycles. The summed E-state index contributed by atoms with van der Waals surface area (Å²) < 4.78 is 6.42. The molecule has 0 atom stereocenters. The van der Waals surface area contributed by atoms with Crippen LogP contribution >= 0.6 is 11.3 Å². The molecule has 10 heteroatoms. The van der Waals surface area contributed by atoms with Crippen molar-refractivity contribution in [1.29, 1.82) is 0 Å². The minimum absolute atomic E-state index is 0.0202. The van der Waals surface area contributed by atoms with Gasteiger partial charge in [-0.1, -0.05) is 17.4 Å². The predicted molar refractivity (Wildman–Crippen MR) is 113 cm³/mol. The Labute approximate surface area is 176 Å². The Hall–Kier alpha value is -3.27. The number of anilines is 1. The van der Waals surface area contributed by atoms with E-state index in [9.17, 15) is 14.4 Å². The van der Waals surface area contributed by atoms with Gasteiger partial charge in [0.1, 0.15) is 10.8 Å². The number of carbonyl (C=O) groups excluding carboxylic acids is 2. The van der Waals surface area contributed by atoms with Gasteiger partial charge in [-0.3, -0.25) is 14.4 Å². The molecule has 0 bridgehead atoms. The predicted octanol–water partition coefficient (Wildman–Crippen LogP) is 1.34. The highest BCUT2D eigenvalue weighted by molar-refractivity contribution is 7.16. The Balaban J connectivity index is 1.65. The van der Waals surface area contributed by atoms with Crippen LogP contribution in [0.25, 0.3) is 11.0 Å². The lowest BCUT2D eigenvalue weighted by molar-refractivity contribution is -0.131. The fourth-order valence-corrected chi connectivity index (χ4v) is 4.34. The topological polar surface area (TPSA) is 120 Å². The summed E-state index contributed by atoms with van der Waals surface area (Å²) in [6.45, 7) is 1.54. The van der Waals surface area contributed by atoms with Crippen molar-refractivity contribution in [2.45, 2.75) is 25.7 Å². The van der Waals surface area contributed by atoms with Gasteiger partial charge >= 0.3 is 0 Å². The number of ketones is 1. The highest BCUT2D eigenvalue weighted by Crippen LogP contribution is 2.22. The number of likely N-dealkylation sites (tertiary alicyclic amines) is 1. The first kappa shape index (κ1) is 20.0. The first-order valence-corrected chi connectivity index (χ1v) is 10.4. The third-order valence-electron chi connectivity index (χ3n) is 5.04. The van der Waals surface area contributed by atoms with Gasteiger partial charge in [0.25, 0.3) is 5.56 Å². The van der Waals surface area contributed by atoms with Gasteiger partial charge in [-0.2, -0.15) is 14.6 Å². The monoisotopic (exact) mass is 427 g/mol. The van der Waals surface area contributed by atoms with E-state index in [1.165, 1.54) is 41.2 Å². The number of piperidine rings is 1. The Kier molecular flexibility index (Phi) is 5.49. The number of ether oxygens (including phenoxy) is 1. The summed E-state index contributed by atoms with van der Waals surface area (Å²) in [5, 5.41) is 4.96. The number of rotatable bonds is 4. The number of nitrogens with zero attached hydrogens (tertiary/aromatic N) is 4. The Bertz CT molecular complexity index is 1170. The maximum absolute atomic E-state index is 12.5. The minimum Gasteiger partial charge on any atom is -0.493 e. The van der Waals surface area contributed by atoms with Crippen molar-refractivity contribution in [2.75, 3.05) is 25.9 Å². The normalized spacial score (nSPS) is 18.2. The number of nitrogens with two attached hydrogens (primary N) is 1. The Morgan fingerprint density at radius 1 is 1.27 bits per heavy atom. The largest absolute Gasteiger partial charge is 0.493 e. The highest BCUT2D eigenvalue weighted by atomic mass is 32.1. The third-order valence-corrected chi connectivity index (χ3v) is 5.95. The molecule has 2 aliphatic rings. The van der Waals surface area contributed by atoms with Crippen LogP contribution in [0.3, 0.4) is 0 Å². The van der Waals surface area contributed by atoms with Gasteiger partial charge in [-0.25, -0.2) is 0 Å². The number of carbonyl (C=O) groups is 2. The molecule has 0 spiro atoms. The summed E-state index contributed by atoms with van der Waals surface area (Å²) in [5.41, 5.74) is 6.43. The molecule has 1 aliphatic heterocycles. The molecular weight excluding hydrogens is 406 g/mol. The fraction of sp³-hybridized carbons (Fsp3) is 0.350. The van der Waals surface area contributed by atoms with Gasteiger partial charge in [-0.05, 0) is 43.1 Å². The van der Waals surface area contributed by atoms with Crippen LogP contribution in [0.4, 0.5) is 5.82 Å². The average Bonchev–Trinajstić information content (AvgIpc) is 3.15. The molecule has 1 saturated heterocycles. The number of hydrogen-bond donors (Lipinski definition) is 1. The summed E-state index contributed by atoms with van der Waals surface area (Å²) in [4.78, 5) is 43.0. The van der Waals surface area contributed by atoms with Crippen LogP contribution in [0.5, 0.6) is 0 Å². The third kappa shape index (κ3) is 3.90. The molecule has 2 aromatic rings. The Morgan fingerprint density at radius 3 is 2.77 bits per heavy atom. The van der Waals surface area contributed by atoms with Gasteiger partial charge < -0.3 is 15.4 Å². The number of methoxy groups -OCH3 is 1. The van der Waals surface area contributed by atoms with Crippen molar-refractivity contribution in [3.05, 3.63) is 50.5 Å². The number of amides is 1. The second-order valence-corrected chi connectivity index (χ2v) is 8.12. The second kappa shape index (κ2) is 8.23. The minimum atomic E-state index is -0.504. The van der Waals surface area contributed by atoms with Gasteiger partial charge in [0.15, 0.2) is 5.76 Å². The van der Waals surface area contributed by atoms with Crippen LogP contribution in [0.15, 0.2) is 34.4 Å². The quantitative estimate of drug-likeness (QED) is 0.782. The van der Waals surface area contributed by atoms with Crippen LogP contribution in [-0.2, 0) is 20.7 Å². The van der Waals surface area contributed by atoms with Crippen LogP contribution in [0.2, 0.25) is 0 Å². The molecule has 0 saturated carbocycles. The Morgan fingerprint density at radius 2 is 2.03 bits per heavy atom. The zero-order valence-electron chi connectivity index (χ0n) is 16.5. The average molecular weight is 427 g/mol. The smallest absolute Gasteiger partial charge is 0.283 e. The number of fused-ring (bicyclic) bond motifs is 1. The van der Waals surface area contributed by atoms with E-state index in [0.717, 1.165) is 32.4 Å². The number of hydrogen-bond acceptors (Lipinski definition) is 8. The molecule has 1 aliphatic carbocycles. The van der Waals surface area contributed by atoms with Crippen LogP contribution in [0, 0.1) is 0 Å². The molecule has 30 heavy (non-hydrogen) atoms. The fourth-order valence-electron chi connectivity index (χ4n) is 3.45. The van der Waals surface area contributed by atoms with Gasteiger partial charge in [0.05, 0.1) is 19.1 Å². The first-order valence-electron chi connectivity index (χ1n) is 9.62. The van der Waals surface area contributed by atoms with E-state index in [2.05, 4.69) is 10.1 Å². The molecule has 1 fully saturated rings. The molecule has 4 rings (SSSR count). The highest BCUT2D eigenvalue weighted by Gasteiger charge is 2.20. The van der Waals surface area contributed by atoms with Gasteiger partial charge in [-0.15, -0.1) is 0 Å². The van der Waals surface area contributed by atoms with E-state index in [1.807, 2.05) is 4.90 Å². The van der Waals surface area contributed by atoms with Crippen molar-refractivity contribution in [3.8, 4) is 0 Å². The van der Waals surface area contributed by atoms with E-state index < -0.39 is 5.56 Å². The molecule has 156 valence electrons. The first-order chi connectivity index (χ1) is 14.5. The number of nitrogen functional groups attached to an aromatic ring is 1. The van der Waals surface area contributed by atoms with Crippen molar-refractivity contribution < 1.29 is 14.3 Å². The molecule has 3 heterocycles. The van der Waals surface area contributed by atoms with Crippen molar-refractivity contribution >= 4 is 39.9 Å². The molecule has 0 unspecified atom stereocenters. The van der Waals surface area contributed by atoms with Crippen LogP contribution in [0.1, 0.15) is 29.8 Å². The lowest BCUT2D eigenvalue weighted by Gasteiger charge is -2.26. The van der Waals surface area contributed by atoms with E-state index in [4.69, 9.17) is 10.5 Å². The van der Waals surface area contributed by atoms with E-state index >= 15 is 0 Å². The summed E-state index contributed by atoms with van der Waals surface area (Å²) in [6, 6.07) is 0. The van der Waals surface area contributed by atoms with Gasteiger partial charge in [0, 0.05) is 13.1 Å². The van der Waals surface area contributed by atoms with E-state index in [0.29, 0.717) is 15.5 Å². The van der Waals surface area contributed by atoms with Gasteiger partial charge in [0.2, 0.25) is 16.7 Å². The SMILES string of the molecule is COC1=CC(=Cc2c(N)n3nc(CC(=O)N4CCCCC4)sc3nc2=O)C=CC1=O. The molecular formula is C20H21N5O4S.